The second-order valence-corrected chi connectivity index (χ2v) is 7.49. The summed E-state index contributed by atoms with van der Waals surface area (Å²) in [6, 6.07) is 2.03. The number of rotatable bonds is 6. The van der Waals surface area contributed by atoms with Gasteiger partial charge in [-0.25, -0.2) is 0 Å². The molecular formula is C17H28BrNO. The van der Waals surface area contributed by atoms with Crippen LogP contribution in [0.2, 0.25) is 0 Å². The van der Waals surface area contributed by atoms with E-state index in [0.29, 0.717) is 11.8 Å². The highest BCUT2D eigenvalue weighted by molar-refractivity contribution is 9.10. The van der Waals surface area contributed by atoms with Gasteiger partial charge in [0.2, 0.25) is 0 Å². The normalized spacial score (nSPS) is 27.1. The first-order chi connectivity index (χ1) is 9.61. The highest BCUT2D eigenvalue weighted by Crippen LogP contribution is 2.43. The van der Waals surface area contributed by atoms with Crippen molar-refractivity contribution < 1.29 is 4.42 Å². The van der Waals surface area contributed by atoms with Crippen LogP contribution < -0.4 is 5.32 Å². The summed E-state index contributed by atoms with van der Waals surface area (Å²) >= 11 is 3.65. The lowest BCUT2D eigenvalue weighted by Gasteiger charge is -2.35. The van der Waals surface area contributed by atoms with E-state index in [1.807, 2.05) is 12.3 Å². The Kier molecular flexibility index (Phi) is 6.16. The van der Waals surface area contributed by atoms with E-state index in [1.165, 1.54) is 31.4 Å². The van der Waals surface area contributed by atoms with Crippen molar-refractivity contribution in [1.82, 2.24) is 5.32 Å². The molecule has 2 rings (SSSR count). The maximum atomic E-state index is 5.78. The van der Waals surface area contributed by atoms with E-state index in [-0.39, 0.29) is 0 Å². The van der Waals surface area contributed by atoms with Gasteiger partial charge in [-0.15, -0.1) is 0 Å². The van der Waals surface area contributed by atoms with Crippen LogP contribution in [0.4, 0.5) is 0 Å². The van der Waals surface area contributed by atoms with Crippen molar-refractivity contribution in [3.63, 3.8) is 0 Å². The van der Waals surface area contributed by atoms with Crippen molar-refractivity contribution in [2.45, 2.75) is 52.4 Å². The molecule has 114 valence electrons. The van der Waals surface area contributed by atoms with Gasteiger partial charge in [0.1, 0.15) is 5.76 Å². The molecule has 0 aliphatic heterocycles. The van der Waals surface area contributed by atoms with Crippen LogP contribution in [0.3, 0.4) is 0 Å². The predicted octanol–water partition coefficient (Wildman–Crippen LogP) is 5.20. The Balaban J connectivity index is 2.02. The van der Waals surface area contributed by atoms with Gasteiger partial charge in [0.25, 0.3) is 0 Å². The monoisotopic (exact) mass is 341 g/mol. The minimum absolute atomic E-state index is 0.567. The summed E-state index contributed by atoms with van der Waals surface area (Å²) in [5.41, 5.74) is 0. The Bertz CT molecular complexity index is 401. The molecule has 0 spiro atoms. The van der Waals surface area contributed by atoms with Crippen LogP contribution in [0.25, 0.3) is 0 Å². The fraction of sp³-hybridized carbons (Fsp3) is 0.765. The topological polar surface area (TPSA) is 25.2 Å². The molecule has 0 aromatic carbocycles. The smallest absolute Gasteiger partial charge is 0.121 e. The van der Waals surface area contributed by atoms with Gasteiger partial charge in [0.15, 0.2) is 0 Å². The number of halogens is 1. The molecular weight excluding hydrogens is 314 g/mol. The van der Waals surface area contributed by atoms with Crippen molar-refractivity contribution in [1.29, 1.82) is 0 Å². The van der Waals surface area contributed by atoms with Gasteiger partial charge >= 0.3 is 0 Å². The Labute approximate surface area is 131 Å². The zero-order valence-corrected chi connectivity index (χ0v) is 14.6. The molecule has 0 bridgehead atoms. The molecule has 1 heterocycles. The first-order valence-electron chi connectivity index (χ1n) is 8.05. The molecule has 3 unspecified atom stereocenters. The maximum Gasteiger partial charge on any atom is 0.121 e. The van der Waals surface area contributed by atoms with Gasteiger partial charge in [-0.1, -0.05) is 33.6 Å². The van der Waals surface area contributed by atoms with Gasteiger partial charge in [-0.05, 0) is 65.7 Å². The van der Waals surface area contributed by atoms with Crippen molar-refractivity contribution in [3.05, 3.63) is 22.6 Å². The molecule has 1 aliphatic carbocycles. The van der Waals surface area contributed by atoms with Crippen molar-refractivity contribution in [3.8, 4) is 0 Å². The molecule has 1 saturated carbocycles. The Hall–Kier alpha value is -0.280. The van der Waals surface area contributed by atoms with Gasteiger partial charge in [-0.2, -0.15) is 0 Å². The fourth-order valence-corrected chi connectivity index (χ4v) is 3.88. The molecule has 1 aliphatic rings. The fourth-order valence-electron chi connectivity index (χ4n) is 3.38. The average Bonchev–Trinajstić information content (AvgIpc) is 2.85. The van der Waals surface area contributed by atoms with E-state index >= 15 is 0 Å². The molecule has 3 heteroatoms. The molecule has 2 nitrogen and oxygen atoms in total. The zero-order chi connectivity index (χ0) is 14.5. The number of hydrogen-bond acceptors (Lipinski definition) is 2. The summed E-state index contributed by atoms with van der Waals surface area (Å²) in [6.07, 6.45) is 7.08. The van der Waals surface area contributed by atoms with Crippen LogP contribution in [0.1, 0.15) is 58.1 Å². The summed E-state index contributed by atoms with van der Waals surface area (Å²) in [6.45, 7) is 9.07. The molecule has 1 fully saturated rings. The van der Waals surface area contributed by atoms with Gasteiger partial charge in [-0.3, -0.25) is 0 Å². The lowest BCUT2D eigenvalue weighted by Crippen LogP contribution is -2.33. The SMILES string of the molecule is CCC1CCC(CNCC(C)C)C(c2occc2Br)C1. The first-order valence-corrected chi connectivity index (χ1v) is 8.84. The van der Waals surface area contributed by atoms with E-state index in [4.69, 9.17) is 4.42 Å². The third-order valence-electron chi connectivity index (χ3n) is 4.62. The molecule has 0 saturated heterocycles. The van der Waals surface area contributed by atoms with Crippen molar-refractivity contribution in [2.24, 2.45) is 17.8 Å². The highest BCUT2D eigenvalue weighted by atomic mass is 79.9. The van der Waals surface area contributed by atoms with Gasteiger partial charge in [0.05, 0.1) is 10.7 Å². The molecule has 20 heavy (non-hydrogen) atoms. The van der Waals surface area contributed by atoms with Crippen LogP contribution in [-0.4, -0.2) is 13.1 Å². The van der Waals surface area contributed by atoms with Crippen LogP contribution in [0, 0.1) is 17.8 Å². The van der Waals surface area contributed by atoms with E-state index in [9.17, 15) is 0 Å². The maximum absolute atomic E-state index is 5.78. The summed E-state index contributed by atoms with van der Waals surface area (Å²) in [5, 5.41) is 3.64. The summed E-state index contributed by atoms with van der Waals surface area (Å²) in [5.74, 6) is 4.02. The first kappa shape index (κ1) is 16.1. The molecule has 0 amide bonds. The summed E-state index contributed by atoms with van der Waals surface area (Å²) in [7, 11) is 0. The Morgan fingerprint density at radius 1 is 1.40 bits per heavy atom. The highest BCUT2D eigenvalue weighted by Gasteiger charge is 2.33. The minimum Gasteiger partial charge on any atom is -0.468 e. The largest absolute Gasteiger partial charge is 0.468 e. The van der Waals surface area contributed by atoms with E-state index in [2.05, 4.69) is 42.0 Å². The standard InChI is InChI=1S/C17H28BrNO/c1-4-13-5-6-14(11-19-10-12(2)3)15(9-13)17-16(18)7-8-20-17/h7-8,12-15,19H,4-6,9-11H2,1-3H3. The summed E-state index contributed by atoms with van der Waals surface area (Å²) in [4.78, 5) is 0. The van der Waals surface area contributed by atoms with Crippen LogP contribution in [-0.2, 0) is 0 Å². The van der Waals surface area contributed by atoms with Crippen LogP contribution in [0.15, 0.2) is 21.2 Å². The lowest BCUT2D eigenvalue weighted by molar-refractivity contribution is 0.203. The molecule has 0 radical (unpaired) electrons. The number of hydrogen-bond donors (Lipinski definition) is 1. The predicted molar refractivity (Wildman–Crippen MR) is 88.0 cm³/mol. The second kappa shape index (κ2) is 7.65. The Morgan fingerprint density at radius 3 is 2.80 bits per heavy atom. The quantitative estimate of drug-likeness (QED) is 0.769. The molecule has 1 N–H and O–H groups in total. The van der Waals surface area contributed by atoms with Crippen molar-refractivity contribution in [2.75, 3.05) is 13.1 Å². The second-order valence-electron chi connectivity index (χ2n) is 6.64. The van der Waals surface area contributed by atoms with E-state index < -0.39 is 0 Å². The zero-order valence-electron chi connectivity index (χ0n) is 13.0. The summed E-state index contributed by atoms with van der Waals surface area (Å²) < 4.78 is 6.93. The Morgan fingerprint density at radius 2 is 2.20 bits per heavy atom. The van der Waals surface area contributed by atoms with E-state index in [0.717, 1.165) is 29.4 Å². The van der Waals surface area contributed by atoms with Crippen molar-refractivity contribution >= 4 is 15.9 Å². The van der Waals surface area contributed by atoms with Crippen LogP contribution in [0.5, 0.6) is 0 Å². The van der Waals surface area contributed by atoms with E-state index in [1.54, 1.807) is 0 Å². The van der Waals surface area contributed by atoms with Gasteiger partial charge in [0, 0.05) is 5.92 Å². The lowest BCUT2D eigenvalue weighted by atomic mass is 9.72. The molecule has 3 atom stereocenters. The third kappa shape index (κ3) is 4.11. The molecule has 1 aromatic heterocycles. The van der Waals surface area contributed by atoms with Crippen LogP contribution >= 0.6 is 15.9 Å². The average molecular weight is 342 g/mol. The third-order valence-corrected chi connectivity index (χ3v) is 5.28. The number of nitrogens with one attached hydrogen (secondary N) is 1. The molecule has 1 aromatic rings. The van der Waals surface area contributed by atoms with Gasteiger partial charge < -0.3 is 9.73 Å². The number of furan rings is 1. The minimum atomic E-state index is 0.567.